The molecule has 3 aromatic rings. The van der Waals surface area contributed by atoms with E-state index in [1.54, 1.807) is 0 Å². The highest BCUT2D eigenvalue weighted by atomic mass is 28.4. The van der Waals surface area contributed by atoms with Crippen LogP contribution in [0.25, 0.3) is 12.2 Å². The Morgan fingerprint density at radius 3 is 1.65 bits per heavy atom. The quantitative estimate of drug-likeness (QED) is 0.394. The van der Waals surface area contributed by atoms with E-state index in [4.69, 9.17) is 13.3 Å². The average Bonchev–Trinajstić information content (AvgIpc) is 3.02. The molecule has 6 heteroatoms. The first kappa shape index (κ1) is 24.1. The van der Waals surface area contributed by atoms with Gasteiger partial charge in [0.05, 0.1) is 17.8 Å². The monoisotopic (exact) mass is 473 g/mol. The van der Waals surface area contributed by atoms with Gasteiger partial charge in [-0.15, -0.1) is 0 Å². The Hall–Kier alpha value is -3.03. The normalized spacial score (nSPS) is 12.7. The number of rotatable bonds is 9. The number of amides is 1. The summed E-state index contributed by atoms with van der Waals surface area (Å²) in [5, 5.41) is 0.906. The van der Waals surface area contributed by atoms with Gasteiger partial charge in [0.1, 0.15) is 0 Å². The summed E-state index contributed by atoms with van der Waals surface area (Å²) in [6.45, 7) is 7.35. The number of hydrogen-bond donors (Lipinski definition) is 0. The number of carbonyl (C=O) groups excluding carboxylic acids is 1. The molecule has 0 saturated carbocycles. The number of fused-ring (bicyclic) bond motifs is 2. The second-order valence-corrected chi connectivity index (χ2v) is 10.5. The van der Waals surface area contributed by atoms with Crippen LogP contribution in [0, 0.1) is 0 Å². The molecule has 0 N–H and O–H groups in total. The van der Waals surface area contributed by atoms with E-state index in [9.17, 15) is 4.79 Å². The number of anilines is 2. The van der Waals surface area contributed by atoms with Crippen LogP contribution < -0.4 is 10.1 Å². The van der Waals surface area contributed by atoms with Gasteiger partial charge in [-0.05, 0) is 49.6 Å². The third-order valence-corrected chi connectivity index (χ3v) is 8.76. The molecule has 1 aliphatic heterocycles. The molecule has 0 spiro atoms. The summed E-state index contributed by atoms with van der Waals surface area (Å²) in [5.74, 6) is 0.0132. The van der Waals surface area contributed by atoms with Crippen molar-refractivity contribution in [2.75, 3.05) is 24.7 Å². The summed E-state index contributed by atoms with van der Waals surface area (Å²) in [5.41, 5.74) is 4.74. The zero-order valence-electron chi connectivity index (χ0n) is 20.0. The minimum Gasteiger partial charge on any atom is -0.370 e. The smallest absolute Gasteiger partial charge is 0.370 e. The Balaban J connectivity index is 1.63. The molecule has 34 heavy (non-hydrogen) atoms. The Morgan fingerprint density at radius 2 is 1.18 bits per heavy atom. The van der Waals surface area contributed by atoms with Crippen molar-refractivity contribution in [3.05, 3.63) is 89.5 Å². The zero-order valence-corrected chi connectivity index (χ0v) is 21.0. The molecule has 4 rings (SSSR count). The predicted octanol–water partition coefficient (Wildman–Crippen LogP) is 5.33. The highest BCUT2D eigenvalue weighted by molar-refractivity contribution is 6.75. The minimum atomic E-state index is -2.97. The number of para-hydroxylation sites is 2. The summed E-state index contributed by atoms with van der Waals surface area (Å²) in [4.78, 5) is 15.5. The van der Waals surface area contributed by atoms with E-state index in [2.05, 4.69) is 12.2 Å². The fourth-order valence-electron chi connectivity index (χ4n) is 4.27. The van der Waals surface area contributed by atoms with Crippen molar-refractivity contribution < 1.29 is 18.1 Å². The summed E-state index contributed by atoms with van der Waals surface area (Å²) in [6.07, 6.45) is 4.40. The maximum Gasteiger partial charge on any atom is 0.537 e. The van der Waals surface area contributed by atoms with Crippen LogP contribution in [0.4, 0.5) is 11.4 Å². The summed E-state index contributed by atoms with van der Waals surface area (Å²) < 4.78 is 18.1. The first-order chi connectivity index (χ1) is 16.6. The lowest BCUT2D eigenvalue weighted by atomic mass is 10.1. The fraction of sp³-hybridized carbons (Fsp3) is 0.250. The van der Waals surface area contributed by atoms with Crippen molar-refractivity contribution in [2.45, 2.75) is 27.2 Å². The van der Waals surface area contributed by atoms with Gasteiger partial charge < -0.3 is 13.3 Å². The standard InChI is InChI=1S/C28H31NO4Si/c1-4-31-34(32-5-2,33-6-3)25-19-15-22(16-20-25)21-28(30)29-26-13-9-7-11-23(26)17-18-24-12-8-10-14-27(24)29/h7-20H,4-6,21H2,1-3H3. The van der Waals surface area contributed by atoms with E-state index in [0.29, 0.717) is 19.8 Å². The van der Waals surface area contributed by atoms with Crippen molar-refractivity contribution >= 4 is 43.4 Å². The number of hydrogen-bond acceptors (Lipinski definition) is 4. The highest BCUT2D eigenvalue weighted by Gasteiger charge is 2.43. The van der Waals surface area contributed by atoms with E-state index in [-0.39, 0.29) is 12.3 Å². The van der Waals surface area contributed by atoms with Crippen molar-refractivity contribution in [1.29, 1.82) is 0 Å². The van der Waals surface area contributed by atoms with E-state index in [0.717, 1.165) is 33.3 Å². The Kier molecular flexibility index (Phi) is 7.75. The molecule has 1 heterocycles. The molecule has 3 aromatic carbocycles. The molecule has 5 nitrogen and oxygen atoms in total. The lowest BCUT2D eigenvalue weighted by Gasteiger charge is -2.28. The van der Waals surface area contributed by atoms with Crippen LogP contribution in [0.3, 0.4) is 0 Å². The molecule has 0 saturated heterocycles. The van der Waals surface area contributed by atoms with E-state index in [1.165, 1.54) is 0 Å². The van der Waals surface area contributed by atoms with E-state index in [1.807, 2.05) is 98.5 Å². The Labute approximate surface area is 203 Å². The zero-order chi connectivity index (χ0) is 24.0. The predicted molar refractivity (Wildman–Crippen MR) is 139 cm³/mol. The molecule has 0 atom stereocenters. The topological polar surface area (TPSA) is 48.0 Å². The van der Waals surface area contributed by atoms with Crippen molar-refractivity contribution in [2.24, 2.45) is 0 Å². The lowest BCUT2D eigenvalue weighted by Crippen LogP contribution is -2.56. The molecule has 1 amide bonds. The molecular weight excluding hydrogens is 442 g/mol. The molecular formula is C28H31NO4Si. The maximum absolute atomic E-state index is 13.7. The summed E-state index contributed by atoms with van der Waals surface area (Å²) in [7, 11) is -2.97. The van der Waals surface area contributed by atoms with Gasteiger partial charge in [-0.25, -0.2) is 0 Å². The van der Waals surface area contributed by atoms with Gasteiger partial charge in [-0.3, -0.25) is 9.69 Å². The van der Waals surface area contributed by atoms with Crippen molar-refractivity contribution in [3.63, 3.8) is 0 Å². The third kappa shape index (κ3) is 4.90. The molecule has 0 radical (unpaired) electrons. The van der Waals surface area contributed by atoms with Crippen LogP contribution in [0.2, 0.25) is 0 Å². The SMILES string of the molecule is CCO[Si](OCC)(OCC)c1ccc(CC(=O)N2c3ccccc3C=Cc3ccccc32)cc1. The van der Waals surface area contributed by atoms with Gasteiger partial charge in [-0.2, -0.15) is 0 Å². The van der Waals surface area contributed by atoms with Crippen molar-refractivity contribution in [1.82, 2.24) is 0 Å². The second-order valence-electron chi connectivity index (χ2n) is 7.91. The summed E-state index contributed by atoms with van der Waals surface area (Å²) in [6, 6.07) is 23.9. The Morgan fingerprint density at radius 1 is 0.706 bits per heavy atom. The average molecular weight is 474 g/mol. The minimum absolute atomic E-state index is 0.0132. The molecule has 0 fully saturated rings. The second kappa shape index (κ2) is 10.9. The molecule has 0 aliphatic carbocycles. The van der Waals surface area contributed by atoms with Crippen molar-refractivity contribution in [3.8, 4) is 0 Å². The largest absolute Gasteiger partial charge is 0.537 e. The molecule has 0 bridgehead atoms. The van der Waals surface area contributed by atoms with Gasteiger partial charge in [0, 0.05) is 25.0 Å². The molecule has 176 valence electrons. The third-order valence-electron chi connectivity index (χ3n) is 5.71. The highest BCUT2D eigenvalue weighted by Crippen LogP contribution is 2.36. The fourth-order valence-corrected chi connectivity index (χ4v) is 6.73. The Bertz CT molecular complexity index is 1090. The first-order valence-corrected chi connectivity index (χ1v) is 13.5. The molecule has 0 aromatic heterocycles. The van der Waals surface area contributed by atoms with E-state index < -0.39 is 8.80 Å². The van der Waals surface area contributed by atoms with Crippen LogP contribution in [0.5, 0.6) is 0 Å². The van der Waals surface area contributed by atoms with Gasteiger partial charge in [-0.1, -0.05) is 72.8 Å². The van der Waals surface area contributed by atoms with Crippen LogP contribution in [-0.4, -0.2) is 34.5 Å². The number of nitrogens with zero attached hydrogens (tertiary/aromatic N) is 1. The van der Waals surface area contributed by atoms with Gasteiger partial charge in [0.25, 0.3) is 0 Å². The van der Waals surface area contributed by atoms with Gasteiger partial charge in [0.15, 0.2) is 0 Å². The van der Waals surface area contributed by atoms with Crippen LogP contribution >= 0.6 is 0 Å². The van der Waals surface area contributed by atoms with Crippen LogP contribution in [0.15, 0.2) is 72.8 Å². The van der Waals surface area contributed by atoms with Gasteiger partial charge in [0.2, 0.25) is 5.91 Å². The number of benzene rings is 3. The van der Waals surface area contributed by atoms with Crippen LogP contribution in [0.1, 0.15) is 37.5 Å². The summed E-state index contributed by atoms with van der Waals surface area (Å²) >= 11 is 0. The number of carbonyl (C=O) groups is 1. The van der Waals surface area contributed by atoms with E-state index >= 15 is 0 Å². The maximum atomic E-state index is 13.7. The lowest BCUT2D eigenvalue weighted by molar-refractivity contribution is -0.117. The van der Waals surface area contributed by atoms with Gasteiger partial charge >= 0.3 is 8.80 Å². The first-order valence-electron chi connectivity index (χ1n) is 11.8. The molecule has 1 aliphatic rings. The molecule has 0 unspecified atom stereocenters. The van der Waals surface area contributed by atoms with Crippen LogP contribution in [-0.2, 0) is 24.5 Å².